The van der Waals surface area contributed by atoms with Crippen molar-refractivity contribution in [2.24, 2.45) is 0 Å². The first-order valence-electron chi connectivity index (χ1n) is 6.08. The van der Waals surface area contributed by atoms with Gasteiger partial charge in [-0.15, -0.1) is 5.10 Å². The van der Waals surface area contributed by atoms with Crippen LogP contribution in [-0.2, 0) is 6.54 Å². The Morgan fingerprint density at radius 3 is 2.58 bits per heavy atom. The van der Waals surface area contributed by atoms with Crippen molar-refractivity contribution in [3.63, 3.8) is 0 Å². The molecule has 0 aliphatic rings. The molecule has 0 spiro atoms. The fraction of sp³-hybridized carbons (Fsp3) is 0.385. The summed E-state index contributed by atoms with van der Waals surface area (Å²) in [7, 11) is 0. The zero-order valence-corrected chi connectivity index (χ0v) is 12.7. The van der Waals surface area contributed by atoms with Gasteiger partial charge in [-0.3, -0.25) is 0 Å². The number of nitrogens with zero attached hydrogens (tertiary/aromatic N) is 2. The van der Waals surface area contributed by atoms with Gasteiger partial charge >= 0.3 is 0 Å². The van der Waals surface area contributed by atoms with Crippen molar-refractivity contribution in [1.29, 1.82) is 0 Å². The van der Waals surface area contributed by atoms with E-state index in [1.54, 1.807) is 0 Å². The number of benzene rings is 1. The van der Waals surface area contributed by atoms with Crippen LogP contribution in [0.3, 0.4) is 0 Å². The number of hydrogen-bond acceptors (Lipinski definition) is 5. The van der Waals surface area contributed by atoms with Crippen LogP contribution in [0.1, 0.15) is 23.1 Å². The summed E-state index contributed by atoms with van der Waals surface area (Å²) >= 11 is 7.57. The quantitative estimate of drug-likeness (QED) is 0.914. The molecular weight excluding hydrogens is 282 g/mol. The lowest BCUT2D eigenvalue weighted by atomic mass is 10.1. The van der Waals surface area contributed by atoms with Gasteiger partial charge < -0.3 is 10.1 Å². The molecule has 0 aliphatic heterocycles. The first-order chi connectivity index (χ1) is 9.10. The van der Waals surface area contributed by atoms with Crippen LogP contribution in [0, 0.1) is 13.8 Å². The van der Waals surface area contributed by atoms with Crippen LogP contribution in [0.4, 0.5) is 0 Å². The minimum atomic E-state index is 0.550. The molecule has 0 bridgehead atoms. The Labute approximate surface area is 121 Å². The van der Waals surface area contributed by atoms with Crippen LogP contribution in [0.15, 0.2) is 12.1 Å². The Hall–Kier alpha value is -1.17. The molecule has 0 radical (unpaired) electrons. The minimum absolute atomic E-state index is 0.550. The molecule has 0 fully saturated rings. The third kappa shape index (κ3) is 3.65. The van der Waals surface area contributed by atoms with Crippen molar-refractivity contribution < 1.29 is 4.74 Å². The fourth-order valence-corrected chi connectivity index (χ4v) is 2.43. The van der Waals surface area contributed by atoms with Gasteiger partial charge in [0.2, 0.25) is 0 Å². The third-order valence-corrected chi connectivity index (χ3v) is 3.99. The van der Waals surface area contributed by atoms with Crippen molar-refractivity contribution in [2.75, 3.05) is 6.54 Å². The van der Waals surface area contributed by atoms with E-state index in [4.69, 9.17) is 16.3 Å². The zero-order chi connectivity index (χ0) is 13.8. The van der Waals surface area contributed by atoms with Crippen LogP contribution < -0.4 is 10.1 Å². The van der Waals surface area contributed by atoms with Gasteiger partial charge in [0.15, 0.2) is 0 Å². The summed E-state index contributed by atoms with van der Waals surface area (Å²) < 4.78 is 5.71. The van der Waals surface area contributed by atoms with E-state index in [-0.39, 0.29) is 0 Å². The monoisotopic (exact) mass is 297 g/mol. The van der Waals surface area contributed by atoms with Crippen molar-refractivity contribution in [1.82, 2.24) is 15.5 Å². The molecule has 0 aliphatic carbocycles. The average molecular weight is 298 g/mol. The number of rotatable bonds is 5. The Bertz CT molecular complexity index is 548. The van der Waals surface area contributed by atoms with E-state index < -0.39 is 0 Å². The van der Waals surface area contributed by atoms with Crippen LogP contribution in [-0.4, -0.2) is 16.7 Å². The van der Waals surface area contributed by atoms with Crippen molar-refractivity contribution in [3.05, 3.63) is 33.3 Å². The maximum absolute atomic E-state index is 6.12. The highest BCUT2D eigenvalue weighted by Crippen LogP contribution is 2.30. The molecule has 0 unspecified atom stereocenters. The fourth-order valence-electron chi connectivity index (χ4n) is 1.65. The number of ether oxygens (including phenoxy) is 1. The number of aromatic nitrogens is 2. The van der Waals surface area contributed by atoms with Crippen LogP contribution >= 0.6 is 22.9 Å². The van der Waals surface area contributed by atoms with Gasteiger partial charge in [-0.05, 0) is 43.7 Å². The Kier molecular flexibility index (Phi) is 4.74. The third-order valence-electron chi connectivity index (χ3n) is 2.59. The van der Waals surface area contributed by atoms with E-state index in [0.717, 1.165) is 40.0 Å². The molecule has 2 aromatic rings. The summed E-state index contributed by atoms with van der Waals surface area (Å²) in [6.45, 7) is 7.59. The highest BCUT2D eigenvalue weighted by molar-refractivity contribution is 7.13. The summed E-state index contributed by atoms with van der Waals surface area (Å²) in [6.07, 6.45) is 0. The number of nitrogens with one attached hydrogen (secondary N) is 1. The average Bonchev–Trinajstić information content (AvgIpc) is 2.81. The second-order valence-electron chi connectivity index (χ2n) is 4.22. The Balaban J connectivity index is 2.10. The molecular formula is C13H16ClN3OS. The largest absolute Gasteiger partial charge is 0.430 e. The van der Waals surface area contributed by atoms with E-state index in [1.807, 2.05) is 26.0 Å². The lowest BCUT2D eigenvalue weighted by molar-refractivity contribution is 0.472. The maximum atomic E-state index is 6.12. The molecule has 0 saturated heterocycles. The summed E-state index contributed by atoms with van der Waals surface area (Å²) in [4.78, 5) is 0. The minimum Gasteiger partial charge on any atom is -0.430 e. The van der Waals surface area contributed by atoms with E-state index >= 15 is 0 Å². The second kappa shape index (κ2) is 6.32. The SMILES string of the molecule is CCNCc1nnc(Oc2cc(C)c(Cl)c(C)c2)s1. The highest BCUT2D eigenvalue weighted by atomic mass is 35.5. The van der Waals surface area contributed by atoms with Gasteiger partial charge in [0.1, 0.15) is 10.8 Å². The van der Waals surface area contributed by atoms with Gasteiger partial charge in [0.25, 0.3) is 5.19 Å². The molecule has 1 aromatic carbocycles. The van der Waals surface area contributed by atoms with E-state index in [9.17, 15) is 0 Å². The molecule has 0 atom stereocenters. The van der Waals surface area contributed by atoms with Crippen molar-refractivity contribution >= 4 is 22.9 Å². The van der Waals surface area contributed by atoms with E-state index in [0.29, 0.717) is 5.19 Å². The van der Waals surface area contributed by atoms with Crippen LogP contribution in [0.2, 0.25) is 5.02 Å². The molecule has 0 amide bonds. The van der Waals surface area contributed by atoms with Crippen LogP contribution in [0.5, 0.6) is 10.9 Å². The molecule has 0 saturated carbocycles. The zero-order valence-electron chi connectivity index (χ0n) is 11.2. The van der Waals surface area contributed by atoms with Gasteiger partial charge in [-0.2, -0.15) is 0 Å². The molecule has 1 aromatic heterocycles. The topological polar surface area (TPSA) is 47.0 Å². The van der Waals surface area contributed by atoms with E-state index in [1.165, 1.54) is 11.3 Å². The highest BCUT2D eigenvalue weighted by Gasteiger charge is 2.08. The van der Waals surface area contributed by atoms with Gasteiger partial charge in [-0.25, -0.2) is 0 Å². The Morgan fingerprint density at radius 1 is 1.26 bits per heavy atom. The lowest BCUT2D eigenvalue weighted by Crippen LogP contribution is -2.11. The molecule has 1 N–H and O–H groups in total. The van der Waals surface area contributed by atoms with Gasteiger partial charge in [0.05, 0.1) is 0 Å². The normalized spacial score (nSPS) is 10.7. The van der Waals surface area contributed by atoms with Crippen molar-refractivity contribution in [2.45, 2.75) is 27.3 Å². The standard InChI is InChI=1S/C13H16ClN3OS/c1-4-15-7-11-16-17-13(19-11)18-10-5-8(2)12(14)9(3)6-10/h5-6,15H,4,7H2,1-3H3. The smallest absolute Gasteiger partial charge is 0.299 e. The molecule has 19 heavy (non-hydrogen) atoms. The van der Waals surface area contributed by atoms with Gasteiger partial charge in [0, 0.05) is 11.6 Å². The Morgan fingerprint density at radius 2 is 1.95 bits per heavy atom. The number of hydrogen-bond donors (Lipinski definition) is 1. The van der Waals surface area contributed by atoms with Crippen molar-refractivity contribution in [3.8, 4) is 10.9 Å². The summed E-state index contributed by atoms with van der Waals surface area (Å²) in [6, 6.07) is 3.81. The van der Waals surface area contributed by atoms with Gasteiger partial charge in [-0.1, -0.05) is 35.0 Å². The maximum Gasteiger partial charge on any atom is 0.299 e. The number of aryl methyl sites for hydroxylation is 2. The molecule has 4 nitrogen and oxygen atoms in total. The number of halogens is 1. The second-order valence-corrected chi connectivity index (χ2v) is 5.62. The first kappa shape index (κ1) is 14.2. The summed E-state index contributed by atoms with van der Waals surface area (Å²) in [5.74, 6) is 0.741. The molecule has 2 rings (SSSR count). The molecule has 102 valence electrons. The first-order valence-corrected chi connectivity index (χ1v) is 7.27. The van der Waals surface area contributed by atoms with E-state index in [2.05, 4.69) is 22.4 Å². The predicted octanol–water partition coefficient (Wildman–Crippen LogP) is 3.71. The molecule has 1 heterocycles. The predicted molar refractivity (Wildman–Crippen MR) is 78.3 cm³/mol. The summed E-state index contributed by atoms with van der Waals surface area (Å²) in [5.41, 5.74) is 1.99. The lowest BCUT2D eigenvalue weighted by Gasteiger charge is -2.06. The molecule has 6 heteroatoms. The summed E-state index contributed by atoms with van der Waals surface area (Å²) in [5, 5.41) is 13.5. The van der Waals surface area contributed by atoms with Crippen LogP contribution in [0.25, 0.3) is 0 Å².